The van der Waals surface area contributed by atoms with E-state index in [0.717, 1.165) is 16.9 Å². The number of carbonyl (C=O) groups is 1. The minimum absolute atomic E-state index is 0.447. The second kappa shape index (κ2) is 6.05. The molecule has 108 valence electrons. The molecule has 3 N–H and O–H groups in total. The van der Waals surface area contributed by atoms with Gasteiger partial charge in [-0.15, -0.1) is 0 Å². The van der Waals surface area contributed by atoms with Crippen molar-refractivity contribution in [1.82, 2.24) is 9.97 Å². The van der Waals surface area contributed by atoms with Crippen LogP contribution in [-0.2, 0) is 0 Å². The van der Waals surface area contributed by atoms with E-state index in [1.165, 1.54) is 0 Å². The number of nitrogens with one attached hydrogen (secondary N) is 1. The van der Waals surface area contributed by atoms with Crippen LogP contribution >= 0.6 is 0 Å². The van der Waals surface area contributed by atoms with E-state index in [4.69, 9.17) is 5.73 Å². The van der Waals surface area contributed by atoms with Crippen LogP contribution in [0.25, 0.3) is 11.3 Å². The molecule has 3 aromatic rings. The van der Waals surface area contributed by atoms with Crippen LogP contribution in [0.5, 0.6) is 0 Å². The number of aromatic nitrogens is 2. The lowest BCUT2D eigenvalue weighted by Crippen LogP contribution is -2.10. The summed E-state index contributed by atoms with van der Waals surface area (Å²) in [4.78, 5) is 19.8. The molecule has 1 amide bonds. The number of nitrogens with zero attached hydrogens (tertiary/aromatic N) is 2. The van der Waals surface area contributed by atoms with Crippen molar-refractivity contribution in [3.8, 4) is 11.3 Å². The third kappa shape index (κ3) is 3.09. The van der Waals surface area contributed by atoms with Gasteiger partial charge in [0, 0.05) is 16.8 Å². The first-order valence-corrected chi connectivity index (χ1v) is 6.77. The smallest absolute Gasteiger partial charge is 0.248 e. The number of hydrogen-bond donors (Lipinski definition) is 2. The number of hydrogen-bond acceptors (Lipinski definition) is 4. The lowest BCUT2D eigenvalue weighted by Gasteiger charge is -2.07. The van der Waals surface area contributed by atoms with Gasteiger partial charge in [-0.3, -0.25) is 9.78 Å². The number of nitrogens with two attached hydrogens (primary N) is 1. The Kier molecular flexibility index (Phi) is 3.78. The Labute approximate surface area is 127 Å². The van der Waals surface area contributed by atoms with E-state index in [1.807, 2.05) is 30.3 Å². The van der Waals surface area contributed by atoms with Gasteiger partial charge in [-0.1, -0.05) is 30.3 Å². The van der Waals surface area contributed by atoms with Gasteiger partial charge in [0.05, 0.1) is 18.1 Å². The lowest BCUT2D eigenvalue weighted by molar-refractivity contribution is 0.100. The number of amides is 1. The predicted molar refractivity (Wildman–Crippen MR) is 85.7 cm³/mol. The van der Waals surface area contributed by atoms with Gasteiger partial charge in [0.25, 0.3) is 0 Å². The predicted octanol–water partition coefficient (Wildman–Crippen LogP) is 2.99. The Bertz CT molecular complexity index is 785. The zero-order valence-corrected chi connectivity index (χ0v) is 11.7. The molecule has 1 heterocycles. The molecule has 0 aliphatic heterocycles. The van der Waals surface area contributed by atoms with Crippen LogP contribution in [0, 0.1) is 0 Å². The van der Waals surface area contributed by atoms with Crippen molar-refractivity contribution in [3.05, 3.63) is 72.6 Å². The SMILES string of the molecule is NC(=O)c1ccc(-c2cncc(Nc3ccccc3)n2)cc1. The van der Waals surface area contributed by atoms with Gasteiger partial charge >= 0.3 is 0 Å². The van der Waals surface area contributed by atoms with Crippen LogP contribution in [0.2, 0.25) is 0 Å². The normalized spacial score (nSPS) is 10.2. The van der Waals surface area contributed by atoms with E-state index in [1.54, 1.807) is 36.7 Å². The molecule has 5 heteroatoms. The molecular formula is C17H14N4O. The van der Waals surface area contributed by atoms with Crippen LogP contribution in [-0.4, -0.2) is 15.9 Å². The highest BCUT2D eigenvalue weighted by Gasteiger charge is 2.04. The zero-order valence-electron chi connectivity index (χ0n) is 11.7. The monoisotopic (exact) mass is 290 g/mol. The highest BCUT2D eigenvalue weighted by molar-refractivity contribution is 5.93. The standard InChI is InChI=1S/C17H14N4O/c18-17(22)13-8-6-12(7-9-13)15-10-19-11-16(21-15)20-14-4-2-1-3-5-14/h1-11H,(H2,18,22)(H,20,21). The van der Waals surface area contributed by atoms with E-state index in [2.05, 4.69) is 15.3 Å². The van der Waals surface area contributed by atoms with E-state index < -0.39 is 5.91 Å². The fraction of sp³-hybridized carbons (Fsp3) is 0. The van der Waals surface area contributed by atoms with Gasteiger partial charge in [0.2, 0.25) is 5.91 Å². The van der Waals surface area contributed by atoms with E-state index in [0.29, 0.717) is 11.4 Å². The third-order valence-electron chi connectivity index (χ3n) is 3.15. The van der Waals surface area contributed by atoms with Gasteiger partial charge < -0.3 is 11.1 Å². The molecule has 0 saturated carbocycles. The molecule has 5 nitrogen and oxygen atoms in total. The summed E-state index contributed by atoms with van der Waals surface area (Å²) in [6.07, 6.45) is 3.34. The van der Waals surface area contributed by atoms with Crippen molar-refractivity contribution >= 4 is 17.4 Å². The Morgan fingerprint density at radius 3 is 2.36 bits per heavy atom. The van der Waals surface area contributed by atoms with Crippen LogP contribution in [0.3, 0.4) is 0 Å². The molecule has 0 spiro atoms. The first-order chi connectivity index (χ1) is 10.7. The minimum Gasteiger partial charge on any atom is -0.366 e. The quantitative estimate of drug-likeness (QED) is 0.774. The van der Waals surface area contributed by atoms with Crippen molar-refractivity contribution in [1.29, 1.82) is 0 Å². The summed E-state index contributed by atoms with van der Waals surface area (Å²) in [6, 6.07) is 16.7. The summed E-state index contributed by atoms with van der Waals surface area (Å²) in [5.74, 6) is 0.208. The molecule has 0 atom stereocenters. The van der Waals surface area contributed by atoms with Crippen molar-refractivity contribution in [2.75, 3.05) is 5.32 Å². The van der Waals surface area contributed by atoms with Crippen molar-refractivity contribution in [2.24, 2.45) is 5.73 Å². The fourth-order valence-electron chi connectivity index (χ4n) is 2.04. The molecule has 0 aliphatic rings. The number of carbonyl (C=O) groups excluding carboxylic acids is 1. The van der Waals surface area contributed by atoms with Crippen LogP contribution < -0.4 is 11.1 Å². The van der Waals surface area contributed by atoms with Crippen LogP contribution in [0.4, 0.5) is 11.5 Å². The maximum atomic E-state index is 11.1. The van der Waals surface area contributed by atoms with E-state index in [-0.39, 0.29) is 0 Å². The average Bonchev–Trinajstić information content (AvgIpc) is 2.56. The van der Waals surface area contributed by atoms with Gasteiger partial charge in [-0.25, -0.2) is 4.98 Å². The molecular weight excluding hydrogens is 276 g/mol. The number of primary amides is 1. The summed E-state index contributed by atoms with van der Waals surface area (Å²) in [6.45, 7) is 0. The molecule has 0 unspecified atom stereocenters. The Morgan fingerprint density at radius 1 is 0.955 bits per heavy atom. The second-order valence-corrected chi connectivity index (χ2v) is 4.72. The lowest BCUT2D eigenvalue weighted by atomic mass is 10.1. The third-order valence-corrected chi connectivity index (χ3v) is 3.15. The van der Waals surface area contributed by atoms with Crippen molar-refractivity contribution in [3.63, 3.8) is 0 Å². The molecule has 0 radical (unpaired) electrons. The van der Waals surface area contributed by atoms with Crippen molar-refractivity contribution < 1.29 is 4.79 Å². The maximum Gasteiger partial charge on any atom is 0.248 e. The second-order valence-electron chi connectivity index (χ2n) is 4.72. The highest BCUT2D eigenvalue weighted by Crippen LogP contribution is 2.20. The molecule has 1 aromatic heterocycles. The first kappa shape index (κ1) is 13.8. The maximum absolute atomic E-state index is 11.1. The van der Waals surface area contributed by atoms with Crippen molar-refractivity contribution in [2.45, 2.75) is 0 Å². The topological polar surface area (TPSA) is 80.9 Å². The molecule has 0 bridgehead atoms. The van der Waals surface area contributed by atoms with E-state index in [9.17, 15) is 4.79 Å². The number of para-hydroxylation sites is 1. The summed E-state index contributed by atoms with van der Waals surface area (Å²) < 4.78 is 0. The van der Waals surface area contributed by atoms with Crippen LogP contribution in [0.15, 0.2) is 67.0 Å². The summed E-state index contributed by atoms with van der Waals surface area (Å²) >= 11 is 0. The largest absolute Gasteiger partial charge is 0.366 e. The Morgan fingerprint density at radius 2 is 1.68 bits per heavy atom. The Balaban J connectivity index is 1.86. The number of rotatable bonds is 4. The first-order valence-electron chi connectivity index (χ1n) is 6.77. The van der Waals surface area contributed by atoms with Gasteiger partial charge in [0.15, 0.2) is 0 Å². The number of anilines is 2. The summed E-state index contributed by atoms with van der Waals surface area (Å²) in [5.41, 5.74) is 8.24. The van der Waals surface area contributed by atoms with Crippen LogP contribution in [0.1, 0.15) is 10.4 Å². The highest BCUT2D eigenvalue weighted by atomic mass is 16.1. The molecule has 3 rings (SSSR count). The van der Waals surface area contributed by atoms with Gasteiger partial charge in [0.1, 0.15) is 5.82 Å². The zero-order chi connectivity index (χ0) is 15.4. The molecule has 22 heavy (non-hydrogen) atoms. The van der Waals surface area contributed by atoms with Gasteiger partial charge in [-0.05, 0) is 24.3 Å². The van der Waals surface area contributed by atoms with E-state index >= 15 is 0 Å². The molecule has 0 fully saturated rings. The minimum atomic E-state index is -0.447. The fourth-order valence-corrected chi connectivity index (χ4v) is 2.04. The number of benzene rings is 2. The average molecular weight is 290 g/mol. The Hall–Kier alpha value is -3.21. The molecule has 2 aromatic carbocycles. The van der Waals surface area contributed by atoms with Gasteiger partial charge in [-0.2, -0.15) is 0 Å². The summed E-state index contributed by atoms with van der Waals surface area (Å²) in [5, 5.41) is 3.20. The molecule has 0 aliphatic carbocycles. The summed E-state index contributed by atoms with van der Waals surface area (Å²) in [7, 11) is 0. The molecule has 0 saturated heterocycles.